The normalized spacial score (nSPS) is 17.4. The van der Waals surface area contributed by atoms with E-state index in [4.69, 9.17) is 11.6 Å². The lowest BCUT2D eigenvalue weighted by Crippen LogP contribution is -2.45. The van der Waals surface area contributed by atoms with Crippen molar-refractivity contribution in [3.8, 4) is 0 Å². The van der Waals surface area contributed by atoms with Gasteiger partial charge in [0, 0.05) is 19.0 Å². The van der Waals surface area contributed by atoms with E-state index < -0.39 is 0 Å². The van der Waals surface area contributed by atoms with Crippen LogP contribution >= 0.6 is 0 Å². The maximum atomic E-state index is 10.5. The van der Waals surface area contributed by atoms with Crippen LogP contribution in [0.1, 0.15) is 38.5 Å². The summed E-state index contributed by atoms with van der Waals surface area (Å²) in [6.07, 6.45) is 5.88. The van der Waals surface area contributed by atoms with Crippen LogP contribution in [0.3, 0.4) is 0 Å². The second-order valence-electron chi connectivity index (χ2n) is 4.07. The fourth-order valence-electron chi connectivity index (χ4n) is 1.84. The molecule has 6 nitrogen and oxygen atoms in total. The zero-order valence-electron chi connectivity index (χ0n) is 9.54. The Kier molecular flexibility index (Phi) is 5.63. The number of guanidine groups is 1. The van der Waals surface area contributed by atoms with Crippen molar-refractivity contribution >= 4 is 11.9 Å². The van der Waals surface area contributed by atoms with Crippen LogP contribution in [0, 0.1) is 0 Å². The van der Waals surface area contributed by atoms with Gasteiger partial charge in [-0.05, 0) is 19.3 Å². The summed E-state index contributed by atoms with van der Waals surface area (Å²) >= 11 is 0. The summed E-state index contributed by atoms with van der Waals surface area (Å²) in [4.78, 5) is 14.7. The molecule has 0 aromatic carbocycles. The van der Waals surface area contributed by atoms with Crippen molar-refractivity contribution in [2.45, 2.75) is 44.6 Å². The van der Waals surface area contributed by atoms with Gasteiger partial charge in [-0.3, -0.25) is 15.2 Å². The van der Waals surface area contributed by atoms with E-state index in [1.807, 2.05) is 0 Å². The van der Waals surface area contributed by atoms with Crippen LogP contribution in [0.4, 0.5) is 0 Å². The first-order valence-corrected chi connectivity index (χ1v) is 5.78. The van der Waals surface area contributed by atoms with Crippen molar-refractivity contribution in [3.63, 3.8) is 0 Å². The Morgan fingerprint density at radius 1 is 1.38 bits per heavy atom. The molecule has 6 heteroatoms. The number of amides is 1. The van der Waals surface area contributed by atoms with E-state index in [1.165, 1.54) is 25.7 Å². The molecular weight excluding hydrogens is 206 g/mol. The molecule has 6 N–H and O–H groups in total. The molecule has 0 heterocycles. The van der Waals surface area contributed by atoms with Crippen molar-refractivity contribution in [2.24, 2.45) is 16.6 Å². The molecule has 0 unspecified atom stereocenters. The number of carbonyl (C=O) groups is 1. The molecule has 16 heavy (non-hydrogen) atoms. The molecule has 0 saturated heterocycles. The number of nitrogens with one attached hydrogen (secondary N) is 2. The Labute approximate surface area is 95.8 Å². The van der Waals surface area contributed by atoms with Crippen molar-refractivity contribution in [2.75, 3.05) is 6.54 Å². The van der Waals surface area contributed by atoms with Gasteiger partial charge in [0.25, 0.3) is 0 Å². The van der Waals surface area contributed by atoms with Gasteiger partial charge in [-0.1, -0.05) is 12.8 Å². The van der Waals surface area contributed by atoms with E-state index in [2.05, 4.69) is 15.7 Å². The third-order valence-corrected chi connectivity index (χ3v) is 2.68. The number of aliphatic imine (C=N–C) groups is 1. The molecule has 1 saturated carbocycles. The molecule has 1 rings (SSSR count). The summed E-state index contributed by atoms with van der Waals surface area (Å²) in [7, 11) is 0. The van der Waals surface area contributed by atoms with Gasteiger partial charge in [0.05, 0.1) is 0 Å². The van der Waals surface area contributed by atoms with E-state index >= 15 is 0 Å². The average molecular weight is 227 g/mol. The van der Waals surface area contributed by atoms with Crippen molar-refractivity contribution < 1.29 is 4.79 Å². The number of primary amides is 1. The van der Waals surface area contributed by atoms with E-state index in [-0.39, 0.29) is 5.91 Å². The Morgan fingerprint density at radius 2 is 2.06 bits per heavy atom. The molecular formula is C10H21N5O. The highest BCUT2D eigenvalue weighted by Crippen LogP contribution is 2.17. The van der Waals surface area contributed by atoms with E-state index in [1.54, 1.807) is 0 Å². The predicted octanol–water partition coefficient (Wildman–Crippen LogP) is -0.397. The molecule has 1 aliphatic carbocycles. The number of nitrogens with two attached hydrogens (primary N) is 2. The zero-order valence-corrected chi connectivity index (χ0v) is 9.54. The number of nitrogens with zero attached hydrogens (tertiary/aromatic N) is 1. The van der Waals surface area contributed by atoms with E-state index in [0.29, 0.717) is 31.4 Å². The lowest BCUT2D eigenvalue weighted by molar-refractivity contribution is -0.118. The standard InChI is InChI=1S/C10H21N5O/c11-9(16)6-3-7-13-10(15-12)14-8-4-1-2-5-8/h8H,1-7,12H2,(H2,11,16)(H2,13,14,15). The van der Waals surface area contributed by atoms with Gasteiger partial charge in [0.2, 0.25) is 11.9 Å². The average Bonchev–Trinajstić information content (AvgIpc) is 2.75. The molecule has 92 valence electrons. The van der Waals surface area contributed by atoms with Gasteiger partial charge in [-0.15, -0.1) is 0 Å². The third kappa shape index (κ3) is 4.97. The Bertz CT molecular complexity index is 248. The molecule has 0 radical (unpaired) electrons. The Morgan fingerprint density at radius 3 is 2.62 bits per heavy atom. The fraction of sp³-hybridized carbons (Fsp3) is 0.800. The first kappa shape index (κ1) is 12.8. The minimum atomic E-state index is -0.291. The Balaban J connectivity index is 2.23. The van der Waals surface area contributed by atoms with E-state index in [9.17, 15) is 4.79 Å². The zero-order chi connectivity index (χ0) is 11.8. The second-order valence-corrected chi connectivity index (χ2v) is 4.07. The van der Waals surface area contributed by atoms with Crippen LogP contribution in [-0.4, -0.2) is 24.5 Å². The highest BCUT2D eigenvalue weighted by molar-refractivity contribution is 5.79. The highest BCUT2D eigenvalue weighted by atomic mass is 16.1. The largest absolute Gasteiger partial charge is 0.370 e. The fourth-order valence-corrected chi connectivity index (χ4v) is 1.84. The topological polar surface area (TPSA) is 106 Å². The van der Waals surface area contributed by atoms with Gasteiger partial charge in [0.15, 0.2) is 0 Å². The van der Waals surface area contributed by atoms with Gasteiger partial charge >= 0.3 is 0 Å². The molecule has 1 amide bonds. The van der Waals surface area contributed by atoms with Crippen molar-refractivity contribution in [1.29, 1.82) is 0 Å². The highest BCUT2D eigenvalue weighted by Gasteiger charge is 2.15. The van der Waals surface area contributed by atoms with Crippen LogP contribution in [0.2, 0.25) is 0 Å². The first-order chi connectivity index (χ1) is 7.72. The predicted molar refractivity (Wildman–Crippen MR) is 63.4 cm³/mol. The first-order valence-electron chi connectivity index (χ1n) is 5.78. The lowest BCUT2D eigenvalue weighted by atomic mass is 10.2. The summed E-state index contributed by atoms with van der Waals surface area (Å²) < 4.78 is 0. The van der Waals surface area contributed by atoms with E-state index in [0.717, 1.165) is 0 Å². The number of carbonyl (C=O) groups excluding carboxylic acids is 1. The van der Waals surface area contributed by atoms with Gasteiger partial charge < -0.3 is 11.1 Å². The number of hydrazine groups is 1. The van der Waals surface area contributed by atoms with Crippen LogP contribution in [0.25, 0.3) is 0 Å². The molecule has 0 aromatic rings. The number of rotatable bonds is 5. The Hall–Kier alpha value is -1.30. The summed E-state index contributed by atoms with van der Waals surface area (Å²) in [5.41, 5.74) is 7.57. The molecule has 1 fully saturated rings. The smallest absolute Gasteiger partial charge is 0.217 e. The minimum absolute atomic E-state index is 0.291. The van der Waals surface area contributed by atoms with Crippen LogP contribution < -0.4 is 22.3 Å². The van der Waals surface area contributed by atoms with Crippen LogP contribution in [-0.2, 0) is 4.79 Å². The summed E-state index contributed by atoms with van der Waals surface area (Å²) in [5.74, 6) is 5.68. The molecule has 0 aromatic heterocycles. The second kappa shape index (κ2) is 7.05. The number of hydrogen-bond acceptors (Lipinski definition) is 3. The van der Waals surface area contributed by atoms with Crippen molar-refractivity contribution in [1.82, 2.24) is 10.7 Å². The van der Waals surface area contributed by atoms with Gasteiger partial charge in [0.1, 0.15) is 0 Å². The van der Waals surface area contributed by atoms with Crippen LogP contribution in [0.5, 0.6) is 0 Å². The summed E-state index contributed by atoms with van der Waals surface area (Å²) in [6.45, 7) is 0.558. The summed E-state index contributed by atoms with van der Waals surface area (Å²) in [6, 6.07) is 0.478. The quantitative estimate of drug-likeness (QED) is 0.169. The lowest BCUT2D eigenvalue weighted by Gasteiger charge is -2.14. The van der Waals surface area contributed by atoms with Crippen molar-refractivity contribution in [3.05, 3.63) is 0 Å². The molecule has 0 atom stereocenters. The maximum absolute atomic E-state index is 10.5. The monoisotopic (exact) mass is 227 g/mol. The molecule has 0 aliphatic heterocycles. The van der Waals surface area contributed by atoms with Crippen LogP contribution in [0.15, 0.2) is 4.99 Å². The maximum Gasteiger partial charge on any atom is 0.217 e. The summed E-state index contributed by atoms with van der Waals surface area (Å²) in [5, 5.41) is 3.25. The molecule has 0 bridgehead atoms. The molecule has 0 spiro atoms. The molecule has 1 aliphatic rings. The van der Waals surface area contributed by atoms with Gasteiger partial charge in [-0.2, -0.15) is 0 Å². The SMILES string of the molecule is NNC(=NCCCC(N)=O)NC1CCCC1. The number of hydrogen-bond donors (Lipinski definition) is 4. The van der Waals surface area contributed by atoms with Gasteiger partial charge in [-0.25, -0.2) is 5.84 Å². The minimum Gasteiger partial charge on any atom is -0.370 e. The third-order valence-electron chi connectivity index (χ3n) is 2.68.